The van der Waals surface area contributed by atoms with Crippen LogP contribution in [0.3, 0.4) is 0 Å². The third-order valence-electron chi connectivity index (χ3n) is 9.57. The van der Waals surface area contributed by atoms with E-state index in [4.69, 9.17) is 14.0 Å². The smallest absolute Gasteiger partial charge is 0.445 e. The highest BCUT2D eigenvalue weighted by molar-refractivity contribution is 7.53. The van der Waals surface area contributed by atoms with Gasteiger partial charge in [-0.2, -0.15) is 13.2 Å². The molecule has 16 nitrogen and oxygen atoms in total. The Morgan fingerprint density at radius 1 is 0.895 bits per heavy atom. The molecule has 1 aliphatic heterocycles. The number of benzene rings is 1. The molecule has 320 valence electrons. The van der Waals surface area contributed by atoms with Crippen LogP contribution in [-0.4, -0.2) is 90.4 Å². The number of alkyl carbamates (subject to hydrolysis) is 1. The van der Waals surface area contributed by atoms with Crippen LogP contribution in [-0.2, 0) is 49.1 Å². The number of unbranched alkanes of at least 4 members (excludes halogenated alkanes) is 3. The number of rotatable bonds is 24. The van der Waals surface area contributed by atoms with Crippen LogP contribution in [0.4, 0.5) is 18.0 Å². The molecule has 2 fully saturated rings. The van der Waals surface area contributed by atoms with Crippen LogP contribution in [0, 0.1) is 5.92 Å². The molecule has 5 atom stereocenters. The lowest BCUT2D eigenvalue weighted by Gasteiger charge is -2.30. The second kappa shape index (κ2) is 24.0. The van der Waals surface area contributed by atoms with Gasteiger partial charge in [0.2, 0.25) is 11.8 Å². The number of amides is 4. The number of hydrogen-bond donors (Lipinski definition) is 6. The van der Waals surface area contributed by atoms with Gasteiger partial charge in [0.05, 0.1) is 0 Å². The van der Waals surface area contributed by atoms with Gasteiger partial charge in [-0.05, 0) is 82.7 Å². The van der Waals surface area contributed by atoms with Gasteiger partial charge in [-0.15, -0.1) is 0 Å². The molecule has 0 spiro atoms. The average molecular weight is 834 g/mol. The van der Waals surface area contributed by atoms with Crippen molar-refractivity contribution in [2.24, 2.45) is 5.92 Å². The zero-order chi connectivity index (χ0) is 41.8. The third kappa shape index (κ3) is 17.1. The van der Waals surface area contributed by atoms with E-state index in [1.807, 2.05) is 30.3 Å². The molecule has 0 radical (unpaired) electrons. The van der Waals surface area contributed by atoms with Crippen LogP contribution in [0.25, 0.3) is 0 Å². The number of ether oxygens (including phenoxy) is 2. The summed E-state index contributed by atoms with van der Waals surface area (Å²) in [6, 6.07) is 7.19. The van der Waals surface area contributed by atoms with Crippen molar-refractivity contribution in [1.29, 1.82) is 0 Å². The Morgan fingerprint density at radius 2 is 1.58 bits per heavy atom. The third-order valence-corrected chi connectivity index (χ3v) is 11.3. The van der Waals surface area contributed by atoms with E-state index in [0.717, 1.165) is 12.0 Å². The molecule has 4 unspecified atom stereocenters. The summed E-state index contributed by atoms with van der Waals surface area (Å²) in [5, 5.41) is 12.5. The van der Waals surface area contributed by atoms with Gasteiger partial charge in [0.1, 0.15) is 24.5 Å². The van der Waals surface area contributed by atoms with E-state index >= 15 is 0 Å². The molecule has 1 saturated heterocycles. The van der Waals surface area contributed by atoms with E-state index < -0.39 is 74.1 Å². The van der Waals surface area contributed by atoms with Crippen LogP contribution in [0.1, 0.15) is 102 Å². The van der Waals surface area contributed by atoms with Crippen LogP contribution in [0.5, 0.6) is 0 Å². The normalized spacial score (nSPS) is 18.2. The molecule has 57 heavy (non-hydrogen) atoms. The fourth-order valence-electron chi connectivity index (χ4n) is 5.99. The number of carbonyl (C=O) groups is 6. The molecule has 0 bridgehead atoms. The molecule has 20 heteroatoms. The van der Waals surface area contributed by atoms with Gasteiger partial charge in [0.25, 0.3) is 0 Å². The Kier molecular flexibility index (Phi) is 19.9. The summed E-state index contributed by atoms with van der Waals surface area (Å²) in [4.78, 5) is 87.1. The maximum atomic E-state index is 13.9. The number of nitrogens with one attached hydrogen (secondary N) is 5. The highest BCUT2D eigenvalue weighted by atomic mass is 31.2. The van der Waals surface area contributed by atoms with E-state index in [2.05, 4.69) is 21.3 Å². The lowest BCUT2D eigenvalue weighted by atomic mass is 9.84. The predicted molar refractivity (Wildman–Crippen MR) is 199 cm³/mol. The first-order valence-electron chi connectivity index (χ1n) is 19.5. The van der Waals surface area contributed by atoms with E-state index in [1.165, 1.54) is 0 Å². The largest absolute Gasteiger partial charge is 0.471 e. The van der Waals surface area contributed by atoms with E-state index in [9.17, 15) is 51.4 Å². The molecule has 1 aliphatic carbocycles. The molecule has 1 saturated carbocycles. The molecule has 1 heterocycles. The standard InChI is InChI=1S/C37H55F3N5O11P/c1-2-3-20-30(57(52,53)56-29(19-8-10-21-42-35(50)37(38,39)40)34(49)55-33(48)28-18-12-23-41-28)45-32(47)27(44-31(46)26-15-11-16-26)17-7-9-22-43-36(51)54-24-25-13-5-4-6-14-25/h4-6,13-14,26-30,41H,2-3,7-12,15-24H2,1H3,(H,42,50)(H,43,51)(H,44,46)(H,45,47)(H,52,53)/t27?,28-,29?,30?/m0/s1. The first-order chi connectivity index (χ1) is 27.1. The zero-order valence-electron chi connectivity index (χ0n) is 32.1. The second-order valence-electron chi connectivity index (χ2n) is 14.1. The number of hydrogen-bond acceptors (Lipinski definition) is 11. The predicted octanol–water partition coefficient (Wildman–Crippen LogP) is 4.24. The molecule has 6 N–H and O–H groups in total. The highest BCUT2D eigenvalue weighted by Gasteiger charge is 2.41. The minimum absolute atomic E-state index is 0.0789. The van der Waals surface area contributed by atoms with Crippen LogP contribution >= 0.6 is 7.60 Å². The Hall–Kier alpha value is -4.06. The van der Waals surface area contributed by atoms with Crippen molar-refractivity contribution in [3.8, 4) is 0 Å². The van der Waals surface area contributed by atoms with Crippen molar-refractivity contribution in [2.75, 3.05) is 19.6 Å². The molecule has 1 aromatic carbocycles. The van der Waals surface area contributed by atoms with Crippen molar-refractivity contribution < 1.29 is 65.4 Å². The quantitative estimate of drug-likeness (QED) is 0.0372. The summed E-state index contributed by atoms with van der Waals surface area (Å²) in [7, 11) is -4.97. The minimum atomic E-state index is -5.10. The summed E-state index contributed by atoms with van der Waals surface area (Å²) < 4.78 is 67.3. The van der Waals surface area contributed by atoms with Gasteiger partial charge >= 0.3 is 37.7 Å². The number of carbonyl (C=O) groups excluding carboxylic acids is 6. The van der Waals surface area contributed by atoms with Crippen molar-refractivity contribution in [1.82, 2.24) is 26.6 Å². The van der Waals surface area contributed by atoms with Crippen molar-refractivity contribution >= 4 is 43.3 Å². The molecule has 0 aromatic heterocycles. The minimum Gasteiger partial charge on any atom is -0.445 e. The fourth-order valence-corrected chi connectivity index (χ4v) is 7.50. The maximum absolute atomic E-state index is 13.9. The first kappa shape index (κ1) is 47.3. The number of alkyl halides is 3. The Labute approximate surface area is 330 Å². The average Bonchev–Trinajstić information content (AvgIpc) is 3.69. The van der Waals surface area contributed by atoms with Crippen LogP contribution < -0.4 is 26.6 Å². The fraction of sp³-hybridized carbons (Fsp3) is 0.676. The Morgan fingerprint density at radius 3 is 2.19 bits per heavy atom. The monoisotopic (exact) mass is 833 g/mol. The van der Waals surface area contributed by atoms with E-state index in [-0.39, 0.29) is 57.1 Å². The summed E-state index contributed by atoms with van der Waals surface area (Å²) in [5.74, 6) is -7.35. The van der Waals surface area contributed by atoms with Gasteiger partial charge in [0.15, 0.2) is 6.10 Å². The maximum Gasteiger partial charge on any atom is 0.471 e. The van der Waals surface area contributed by atoms with Gasteiger partial charge in [-0.3, -0.25) is 23.5 Å². The highest BCUT2D eigenvalue weighted by Crippen LogP contribution is 2.50. The van der Waals surface area contributed by atoms with Crippen molar-refractivity contribution in [3.63, 3.8) is 0 Å². The van der Waals surface area contributed by atoms with Gasteiger partial charge in [0, 0.05) is 19.0 Å². The number of esters is 2. The summed E-state index contributed by atoms with van der Waals surface area (Å²) in [5.41, 5.74) is 0.816. The van der Waals surface area contributed by atoms with E-state index in [1.54, 1.807) is 12.2 Å². The summed E-state index contributed by atoms with van der Waals surface area (Å²) >= 11 is 0. The molecule has 4 amide bonds. The topological polar surface area (TPSA) is 228 Å². The van der Waals surface area contributed by atoms with Crippen LogP contribution in [0.2, 0.25) is 0 Å². The number of halogens is 3. The molecular weight excluding hydrogens is 778 g/mol. The lowest BCUT2D eigenvalue weighted by Crippen LogP contribution is -2.51. The molecule has 2 aliphatic rings. The zero-order valence-corrected chi connectivity index (χ0v) is 33.0. The lowest BCUT2D eigenvalue weighted by molar-refractivity contribution is -0.173. The van der Waals surface area contributed by atoms with Crippen molar-refractivity contribution in [2.45, 2.75) is 134 Å². The Bertz CT molecular complexity index is 1530. The molecular formula is C37H55F3N5O11P. The summed E-state index contributed by atoms with van der Waals surface area (Å²) in [6.07, 6.45) is -3.26. The van der Waals surface area contributed by atoms with Crippen LogP contribution in [0.15, 0.2) is 30.3 Å². The molecule has 1 aromatic rings. The van der Waals surface area contributed by atoms with Gasteiger partial charge in [-0.1, -0.05) is 56.5 Å². The van der Waals surface area contributed by atoms with Gasteiger partial charge < -0.3 is 41.0 Å². The summed E-state index contributed by atoms with van der Waals surface area (Å²) in [6.45, 7) is 2.17. The van der Waals surface area contributed by atoms with E-state index in [0.29, 0.717) is 57.9 Å². The SMILES string of the molecule is CCCCC(NC(=O)C(CCCCNC(=O)OCc1ccccc1)NC(=O)C1CCC1)P(=O)(O)OC(CCCCNC(=O)C(F)(F)F)C(=O)OC(=O)[C@@H]1CCCN1. The van der Waals surface area contributed by atoms with Gasteiger partial charge in [-0.25, -0.2) is 14.4 Å². The molecule has 3 rings (SSSR count). The first-order valence-corrected chi connectivity index (χ1v) is 21.2. The Balaban J connectivity index is 1.66. The van der Waals surface area contributed by atoms with Crippen molar-refractivity contribution in [3.05, 3.63) is 35.9 Å². The second-order valence-corrected chi connectivity index (χ2v) is 16.1.